The molecular formula is C22H21F5N2O3. The van der Waals surface area contributed by atoms with E-state index < -0.39 is 54.6 Å². The van der Waals surface area contributed by atoms with Crippen molar-refractivity contribution in [3.05, 3.63) is 70.8 Å². The van der Waals surface area contributed by atoms with Gasteiger partial charge in [-0.25, -0.2) is 13.6 Å². The summed E-state index contributed by atoms with van der Waals surface area (Å²) in [5.41, 5.74) is -0.0690. The Bertz CT molecular complexity index is 992. The predicted octanol–water partition coefficient (Wildman–Crippen LogP) is 4.49. The largest absolute Gasteiger partial charge is 0.478 e. The van der Waals surface area contributed by atoms with Crippen LogP contribution in [0.1, 0.15) is 46.4 Å². The molecule has 1 saturated heterocycles. The maximum absolute atomic E-state index is 14.1. The van der Waals surface area contributed by atoms with Gasteiger partial charge in [0.2, 0.25) is 5.91 Å². The Kier molecular flexibility index (Phi) is 6.54. The first-order valence-electron chi connectivity index (χ1n) is 9.77. The van der Waals surface area contributed by atoms with Gasteiger partial charge in [-0.2, -0.15) is 13.2 Å². The number of carbonyl (C=O) groups excluding carboxylic acids is 1. The topological polar surface area (TPSA) is 69.6 Å². The lowest BCUT2D eigenvalue weighted by molar-refractivity contribution is -0.137. The highest BCUT2D eigenvalue weighted by molar-refractivity contribution is 5.87. The van der Waals surface area contributed by atoms with E-state index in [2.05, 4.69) is 5.32 Å². The number of rotatable bonds is 6. The highest BCUT2D eigenvalue weighted by Crippen LogP contribution is 2.35. The zero-order valence-corrected chi connectivity index (χ0v) is 17.0. The number of nitrogens with one attached hydrogen (secondary N) is 1. The van der Waals surface area contributed by atoms with Crippen LogP contribution in [-0.2, 0) is 17.5 Å². The summed E-state index contributed by atoms with van der Waals surface area (Å²) in [7, 11) is 0. The van der Waals surface area contributed by atoms with Gasteiger partial charge in [0.25, 0.3) is 5.92 Å². The maximum atomic E-state index is 14.1. The minimum atomic E-state index is -4.56. The van der Waals surface area contributed by atoms with E-state index in [-0.39, 0.29) is 17.7 Å². The summed E-state index contributed by atoms with van der Waals surface area (Å²) >= 11 is 0. The molecule has 2 atom stereocenters. The van der Waals surface area contributed by atoms with Crippen molar-refractivity contribution in [3.8, 4) is 0 Å². The second kappa shape index (κ2) is 8.85. The summed E-state index contributed by atoms with van der Waals surface area (Å²) in [4.78, 5) is 24.9. The summed E-state index contributed by atoms with van der Waals surface area (Å²) in [6.45, 7) is 0.639. The molecule has 1 fully saturated rings. The molecule has 2 N–H and O–H groups in total. The van der Waals surface area contributed by atoms with Crippen LogP contribution in [0.2, 0.25) is 0 Å². The number of carboxylic acids is 1. The van der Waals surface area contributed by atoms with E-state index in [0.29, 0.717) is 5.56 Å². The van der Waals surface area contributed by atoms with E-state index in [9.17, 15) is 31.5 Å². The Labute approximate surface area is 180 Å². The van der Waals surface area contributed by atoms with Crippen molar-refractivity contribution in [1.29, 1.82) is 0 Å². The Morgan fingerprint density at radius 3 is 2.44 bits per heavy atom. The first-order valence-corrected chi connectivity index (χ1v) is 9.77. The maximum Gasteiger partial charge on any atom is 0.416 e. The summed E-state index contributed by atoms with van der Waals surface area (Å²) in [6.07, 6.45) is -5.31. The molecule has 5 nitrogen and oxygen atoms in total. The Morgan fingerprint density at radius 2 is 1.84 bits per heavy atom. The van der Waals surface area contributed by atoms with Crippen molar-refractivity contribution < 1.29 is 36.6 Å². The van der Waals surface area contributed by atoms with Crippen LogP contribution in [0.4, 0.5) is 22.0 Å². The average Bonchev–Trinajstić information content (AvgIpc) is 3.01. The normalized spacial score (nSPS) is 19.5. The summed E-state index contributed by atoms with van der Waals surface area (Å²) < 4.78 is 67.1. The van der Waals surface area contributed by atoms with Gasteiger partial charge in [-0.15, -0.1) is 0 Å². The van der Waals surface area contributed by atoms with Gasteiger partial charge in [0, 0.05) is 13.0 Å². The molecule has 1 amide bonds. The number of benzene rings is 2. The van der Waals surface area contributed by atoms with Gasteiger partial charge in [0.1, 0.15) is 0 Å². The number of aromatic carboxylic acids is 1. The van der Waals surface area contributed by atoms with Crippen LogP contribution in [0.3, 0.4) is 0 Å². The van der Waals surface area contributed by atoms with Crippen molar-refractivity contribution >= 4 is 11.9 Å². The number of halogens is 5. The van der Waals surface area contributed by atoms with Gasteiger partial charge in [-0.3, -0.25) is 9.69 Å². The fraction of sp³-hybridized carbons (Fsp3) is 0.364. The number of nitrogens with zero attached hydrogens (tertiary/aromatic N) is 1. The highest BCUT2D eigenvalue weighted by atomic mass is 19.4. The van der Waals surface area contributed by atoms with Crippen LogP contribution in [-0.4, -0.2) is 40.4 Å². The third kappa shape index (κ3) is 5.61. The molecule has 0 bridgehead atoms. The van der Waals surface area contributed by atoms with Crippen LogP contribution in [0.15, 0.2) is 48.5 Å². The average molecular weight is 456 g/mol. The lowest BCUT2D eigenvalue weighted by Crippen LogP contribution is -2.43. The second-order valence-electron chi connectivity index (χ2n) is 7.84. The fourth-order valence-electron chi connectivity index (χ4n) is 3.70. The number of likely N-dealkylation sites (tertiary alicyclic amines) is 1. The number of hydrogen-bond donors (Lipinski definition) is 2. The van der Waals surface area contributed by atoms with E-state index in [4.69, 9.17) is 5.11 Å². The van der Waals surface area contributed by atoms with E-state index >= 15 is 0 Å². The smallest absolute Gasteiger partial charge is 0.416 e. The Morgan fingerprint density at radius 1 is 1.19 bits per heavy atom. The van der Waals surface area contributed by atoms with Crippen molar-refractivity contribution in [2.45, 2.75) is 44.1 Å². The fourth-order valence-corrected chi connectivity index (χ4v) is 3.70. The van der Waals surface area contributed by atoms with Gasteiger partial charge in [0.15, 0.2) is 0 Å². The SMILES string of the molecule is C[C@H](NC(=O)[C@H]1CC(F)(F)CN1Cc1cccc(C(F)(F)F)c1)c1ccc(C(=O)O)cc1. The number of hydrogen-bond acceptors (Lipinski definition) is 3. The van der Waals surface area contributed by atoms with Crippen LogP contribution in [0.5, 0.6) is 0 Å². The number of carboxylic acid groups (broad SMARTS) is 1. The van der Waals surface area contributed by atoms with E-state index in [1.807, 2.05) is 0 Å². The molecule has 3 rings (SSSR count). The van der Waals surface area contributed by atoms with Crippen molar-refractivity contribution in [2.75, 3.05) is 6.54 Å². The van der Waals surface area contributed by atoms with Crippen molar-refractivity contribution in [3.63, 3.8) is 0 Å². The monoisotopic (exact) mass is 456 g/mol. The van der Waals surface area contributed by atoms with Crippen LogP contribution < -0.4 is 5.32 Å². The molecule has 0 saturated carbocycles. The molecule has 0 aliphatic carbocycles. The Hall–Kier alpha value is -3.01. The molecule has 1 aliphatic rings. The van der Waals surface area contributed by atoms with E-state index in [0.717, 1.165) is 12.1 Å². The summed E-state index contributed by atoms with van der Waals surface area (Å²) in [5, 5.41) is 11.6. The third-order valence-corrected chi connectivity index (χ3v) is 5.33. The molecular weight excluding hydrogens is 435 g/mol. The predicted molar refractivity (Wildman–Crippen MR) is 105 cm³/mol. The lowest BCUT2D eigenvalue weighted by Gasteiger charge is -2.25. The van der Waals surface area contributed by atoms with Gasteiger partial charge < -0.3 is 10.4 Å². The molecule has 0 unspecified atom stereocenters. The molecule has 1 aliphatic heterocycles. The van der Waals surface area contributed by atoms with Crippen LogP contribution >= 0.6 is 0 Å². The standard InChI is InChI=1S/C22H21F5N2O3/c1-13(15-5-7-16(8-6-15)20(31)32)28-19(30)18-10-21(23,24)12-29(18)11-14-3-2-4-17(9-14)22(25,26)27/h2-9,13,18H,10-12H2,1H3,(H,28,30)(H,31,32)/t13-,18+/m0/s1. The van der Waals surface area contributed by atoms with Crippen molar-refractivity contribution in [1.82, 2.24) is 10.2 Å². The molecule has 1 heterocycles. The first kappa shape index (κ1) is 23.6. The molecule has 0 radical (unpaired) electrons. The number of alkyl halides is 5. The van der Waals surface area contributed by atoms with Crippen LogP contribution in [0, 0.1) is 0 Å². The molecule has 2 aromatic carbocycles. The van der Waals surface area contributed by atoms with E-state index in [1.165, 1.54) is 41.3 Å². The van der Waals surface area contributed by atoms with Gasteiger partial charge in [-0.1, -0.05) is 30.3 Å². The first-order chi connectivity index (χ1) is 14.9. The number of carbonyl (C=O) groups is 2. The lowest BCUT2D eigenvalue weighted by atomic mass is 10.0. The highest BCUT2D eigenvalue weighted by Gasteiger charge is 2.48. The van der Waals surface area contributed by atoms with Crippen molar-refractivity contribution in [2.24, 2.45) is 0 Å². The third-order valence-electron chi connectivity index (χ3n) is 5.33. The zero-order chi connectivity index (χ0) is 23.7. The number of amides is 1. The van der Waals surface area contributed by atoms with Gasteiger partial charge in [0.05, 0.1) is 29.8 Å². The molecule has 0 aromatic heterocycles. The van der Waals surface area contributed by atoms with Crippen LogP contribution in [0.25, 0.3) is 0 Å². The second-order valence-corrected chi connectivity index (χ2v) is 7.84. The van der Waals surface area contributed by atoms with E-state index in [1.54, 1.807) is 6.92 Å². The van der Waals surface area contributed by atoms with Gasteiger partial charge >= 0.3 is 12.1 Å². The minimum absolute atomic E-state index is 0.0648. The molecule has 10 heteroatoms. The summed E-state index contributed by atoms with van der Waals surface area (Å²) in [6, 6.07) is 8.32. The van der Waals surface area contributed by atoms with Gasteiger partial charge in [-0.05, 0) is 36.2 Å². The molecule has 32 heavy (non-hydrogen) atoms. The Balaban J connectivity index is 1.73. The molecule has 0 spiro atoms. The quantitative estimate of drug-likeness (QED) is 0.629. The zero-order valence-electron chi connectivity index (χ0n) is 17.0. The summed E-state index contributed by atoms with van der Waals surface area (Å²) in [5.74, 6) is -4.94. The molecule has 2 aromatic rings. The molecule has 172 valence electrons. The minimum Gasteiger partial charge on any atom is -0.478 e.